The van der Waals surface area contributed by atoms with Crippen LogP contribution >= 0.6 is 0 Å². The maximum absolute atomic E-state index is 12.2. The number of ether oxygens (including phenoxy) is 3. The molecule has 10 nitrogen and oxygen atoms in total. The molecule has 0 saturated heterocycles. The molecule has 0 bridgehead atoms. The van der Waals surface area contributed by atoms with Crippen molar-refractivity contribution in [2.75, 3.05) is 33.2 Å². The minimum absolute atomic E-state index is 0.253. The molecule has 0 atom stereocenters. The molecule has 0 aliphatic rings. The van der Waals surface area contributed by atoms with Crippen LogP contribution in [0.1, 0.15) is 5.56 Å². The molecule has 0 radical (unpaired) electrons. The van der Waals surface area contributed by atoms with E-state index in [0.717, 1.165) is 0 Å². The van der Waals surface area contributed by atoms with Gasteiger partial charge in [-0.25, -0.2) is 5.43 Å². The van der Waals surface area contributed by atoms with E-state index >= 15 is 0 Å². The van der Waals surface area contributed by atoms with Crippen LogP contribution in [0.3, 0.4) is 0 Å². The Morgan fingerprint density at radius 1 is 1.00 bits per heavy atom. The second kappa shape index (κ2) is 11.1. The van der Waals surface area contributed by atoms with Crippen molar-refractivity contribution < 1.29 is 28.6 Å². The highest BCUT2D eigenvalue weighted by Crippen LogP contribution is 2.30. The zero-order chi connectivity index (χ0) is 21.9. The van der Waals surface area contributed by atoms with Gasteiger partial charge in [0.05, 0.1) is 20.4 Å². The lowest BCUT2D eigenvalue weighted by Gasteiger charge is -2.13. The molecule has 0 unspecified atom stereocenters. The van der Waals surface area contributed by atoms with Crippen molar-refractivity contribution in [3.8, 4) is 17.2 Å². The fourth-order valence-electron chi connectivity index (χ4n) is 2.28. The summed E-state index contributed by atoms with van der Waals surface area (Å²) in [4.78, 5) is 34.9. The normalized spacial score (nSPS) is 10.2. The lowest BCUT2D eigenvalue weighted by atomic mass is 10.2. The van der Waals surface area contributed by atoms with Crippen LogP contribution in [0.5, 0.6) is 17.2 Å². The van der Waals surface area contributed by atoms with Crippen molar-refractivity contribution in [3.05, 3.63) is 48.0 Å². The lowest BCUT2D eigenvalue weighted by Crippen LogP contribution is -2.35. The Kier molecular flexibility index (Phi) is 8.18. The van der Waals surface area contributed by atoms with E-state index in [1.165, 1.54) is 20.4 Å². The third-order valence-electron chi connectivity index (χ3n) is 3.75. The van der Waals surface area contributed by atoms with Crippen LogP contribution in [0, 0.1) is 0 Å². The molecule has 30 heavy (non-hydrogen) atoms. The number of nitrogens with one attached hydrogen (secondary N) is 3. The van der Waals surface area contributed by atoms with E-state index in [1.54, 1.807) is 49.6 Å². The molecule has 10 heteroatoms. The quantitative estimate of drug-likeness (QED) is 0.335. The summed E-state index contributed by atoms with van der Waals surface area (Å²) < 4.78 is 16.0. The molecule has 2 aromatic rings. The van der Waals surface area contributed by atoms with E-state index in [4.69, 9.17) is 14.2 Å². The molecule has 3 amide bonds. The zero-order valence-corrected chi connectivity index (χ0v) is 16.7. The Morgan fingerprint density at radius 2 is 1.73 bits per heavy atom. The van der Waals surface area contributed by atoms with Gasteiger partial charge in [0.25, 0.3) is 5.91 Å². The van der Waals surface area contributed by atoms with Gasteiger partial charge in [-0.3, -0.25) is 14.4 Å². The highest BCUT2D eigenvalue weighted by atomic mass is 16.5. The van der Waals surface area contributed by atoms with Gasteiger partial charge in [-0.1, -0.05) is 6.07 Å². The minimum Gasteiger partial charge on any atom is -0.497 e. The first-order valence-electron chi connectivity index (χ1n) is 8.77. The van der Waals surface area contributed by atoms with Gasteiger partial charge in [0, 0.05) is 18.3 Å². The van der Waals surface area contributed by atoms with Crippen LogP contribution in [0.15, 0.2) is 47.6 Å². The number of anilines is 1. The first-order valence-corrected chi connectivity index (χ1v) is 8.77. The Hall–Kier alpha value is -4.08. The third-order valence-corrected chi connectivity index (χ3v) is 3.75. The molecule has 0 aliphatic carbocycles. The van der Waals surface area contributed by atoms with Crippen molar-refractivity contribution >= 4 is 29.6 Å². The van der Waals surface area contributed by atoms with Crippen LogP contribution in [-0.2, 0) is 14.4 Å². The van der Waals surface area contributed by atoms with E-state index in [1.807, 2.05) is 0 Å². The summed E-state index contributed by atoms with van der Waals surface area (Å²) in [5, 5.41) is 8.61. The number of rotatable bonds is 8. The molecule has 3 N–H and O–H groups in total. The highest BCUT2D eigenvalue weighted by molar-refractivity contribution is 6.35. The summed E-state index contributed by atoms with van der Waals surface area (Å²) >= 11 is 0. The lowest BCUT2D eigenvalue weighted by molar-refractivity contribution is -0.138. The Labute approximate surface area is 173 Å². The number of amides is 3. The van der Waals surface area contributed by atoms with Gasteiger partial charge >= 0.3 is 11.8 Å². The highest BCUT2D eigenvalue weighted by Gasteiger charge is 2.13. The molecule has 0 fully saturated rings. The number of carbonyl (C=O) groups excluding carboxylic acids is 3. The summed E-state index contributed by atoms with van der Waals surface area (Å²) in [6.45, 7) is -0.294. The number of likely N-dealkylation sites (N-methyl/N-ethyl adjacent to an activating group) is 1. The molecule has 2 rings (SSSR count). The fraction of sp³-hybridized carbons (Fsp3) is 0.200. The summed E-state index contributed by atoms with van der Waals surface area (Å²) in [6.07, 6.45) is 1.28. The van der Waals surface area contributed by atoms with Gasteiger partial charge in [0.2, 0.25) is 0 Å². The average Bonchev–Trinajstić information content (AvgIpc) is 2.77. The third kappa shape index (κ3) is 6.23. The molecule has 2 aromatic carbocycles. The zero-order valence-electron chi connectivity index (χ0n) is 16.7. The molecule has 0 heterocycles. The van der Waals surface area contributed by atoms with Crippen molar-refractivity contribution in [2.24, 2.45) is 5.10 Å². The van der Waals surface area contributed by atoms with Gasteiger partial charge in [0.1, 0.15) is 5.75 Å². The van der Waals surface area contributed by atoms with E-state index in [2.05, 4.69) is 21.2 Å². The number of para-hydroxylation sites is 1. The van der Waals surface area contributed by atoms with Crippen LogP contribution in [0.25, 0.3) is 0 Å². The van der Waals surface area contributed by atoms with E-state index in [9.17, 15) is 14.4 Å². The van der Waals surface area contributed by atoms with E-state index in [0.29, 0.717) is 22.7 Å². The van der Waals surface area contributed by atoms with Gasteiger partial charge in [0.15, 0.2) is 18.1 Å². The molecular formula is C20H22N4O6. The van der Waals surface area contributed by atoms with E-state index in [-0.39, 0.29) is 18.3 Å². The Bertz CT molecular complexity index is 927. The topological polar surface area (TPSA) is 127 Å². The number of hydrogen-bond acceptors (Lipinski definition) is 7. The van der Waals surface area contributed by atoms with Crippen LogP contribution in [0.2, 0.25) is 0 Å². The molecule has 0 saturated carbocycles. The van der Waals surface area contributed by atoms with Crippen molar-refractivity contribution in [1.82, 2.24) is 10.7 Å². The number of methoxy groups -OCH3 is 2. The predicted molar refractivity (Wildman–Crippen MR) is 110 cm³/mol. The number of hydrazone groups is 1. The number of hydrogen-bond donors (Lipinski definition) is 3. The Morgan fingerprint density at radius 3 is 2.37 bits per heavy atom. The summed E-state index contributed by atoms with van der Waals surface area (Å²) in [7, 11) is 4.34. The van der Waals surface area contributed by atoms with E-state index < -0.39 is 11.8 Å². The summed E-state index contributed by atoms with van der Waals surface area (Å²) in [5.41, 5.74) is 3.11. The predicted octanol–water partition coefficient (Wildman–Crippen LogP) is 0.917. The van der Waals surface area contributed by atoms with Gasteiger partial charge in [-0.05, 0) is 36.4 Å². The second-order valence-corrected chi connectivity index (χ2v) is 5.72. The fourth-order valence-corrected chi connectivity index (χ4v) is 2.28. The smallest absolute Gasteiger partial charge is 0.329 e. The largest absolute Gasteiger partial charge is 0.497 e. The number of nitrogens with zero attached hydrogens (tertiary/aromatic N) is 1. The maximum Gasteiger partial charge on any atom is 0.329 e. The summed E-state index contributed by atoms with van der Waals surface area (Å²) in [6, 6.07) is 11.8. The van der Waals surface area contributed by atoms with Crippen molar-refractivity contribution in [1.29, 1.82) is 0 Å². The second-order valence-electron chi connectivity index (χ2n) is 5.72. The molecule has 158 valence electrons. The summed E-state index contributed by atoms with van der Waals surface area (Å²) in [5.74, 6) is -0.841. The monoisotopic (exact) mass is 414 g/mol. The molecule has 0 aromatic heterocycles. The average molecular weight is 414 g/mol. The molecular weight excluding hydrogens is 392 g/mol. The minimum atomic E-state index is -0.919. The first-order chi connectivity index (χ1) is 14.5. The number of carbonyl (C=O) groups is 3. The van der Waals surface area contributed by atoms with Gasteiger partial charge < -0.3 is 24.8 Å². The van der Waals surface area contributed by atoms with Crippen molar-refractivity contribution in [3.63, 3.8) is 0 Å². The molecule has 0 spiro atoms. The van der Waals surface area contributed by atoms with Crippen LogP contribution in [-0.4, -0.2) is 51.8 Å². The SMILES string of the molecule is CNC(=O)C(=O)N/N=C\c1cccc(OC)c1OCC(=O)Nc1ccc(OC)cc1. The van der Waals surface area contributed by atoms with Gasteiger partial charge in [-0.2, -0.15) is 5.10 Å². The first kappa shape index (κ1) is 22.2. The standard InChI is InChI=1S/C20H22N4O6/c1-21-19(26)20(27)24-22-11-13-5-4-6-16(29-3)18(13)30-12-17(25)23-14-7-9-15(28-2)10-8-14/h4-11H,12H2,1-3H3,(H,21,26)(H,23,25)(H,24,27)/b22-11-. The maximum atomic E-state index is 12.2. The Balaban J connectivity index is 2.05. The van der Waals surface area contributed by atoms with Crippen LogP contribution in [0.4, 0.5) is 5.69 Å². The molecule has 0 aliphatic heterocycles. The van der Waals surface area contributed by atoms with Gasteiger partial charge in [-0.15, -0.1) is 0 Å². The number of benzene rings is 2. The van der Waals surface area contributed by atoms with Crippen molar-refractivity contribution in [2.45, 2.75) is 0 Å². The van der Waals surface area contributed by atoms with Crippen LogP contribution < -0.4 is 30.3 Å².